The molecule has 1 rings (SSSR count). The Balaban J connectivity index is 3.25. The van der Waals surface area contributed by atoms with Gasteiger partial charge >= 0.3 is 0 Å². The van der Waals surface area contributed by atoms with Gasteiger partial charge in [-0.3, -0.25) is 4.98 Å². The lowest BCUT2D eigenvalue weighted by Gasteiger charge is -2.09. The number of pyridine rings is 1. The summed E-state index contributed by atoms with van der Waals surface area (Å²) in [5.74, 6) is 1.32. The lowest BCUT2D eigenvalue weighted by Crippen LogP contribution is -1.94. The van der Waals surface area contributed by atoms with Gasteiger partial charge in [0.25, 0.3) is 0 Å². The van der Waals surface area contributed by atoms with Gasteiger partial charge in [-0.15, -0.1) is 0 Å². The monoisotopic (exact) mass is 231 g/mol. The summed E-state index contributed by atoms with van der Waals surface area (Å²) in [7, 11) is 3.18. The molecule has 0 saturated heterocycles. The van der Waals surface area contributed by atoms with Gasteiger partial charge in [-0.1, -0.05) is 0 Å². The fourth-order valence-corrected chi connectivity index (χ4v) is 1.34. The van der Waals surface area contributed by atoms with Crippen molar-refractivity contribution < 1.29 is 9.47 Å². The highest BCUT2D eigenvalue weighted by atomic mass is 79.9. The van der Waals surface area contributed by atoms with Crippen LogP contribution in [0.3, 0.4) is 0 Å². The van der Waals surface area contributed by atoms with Crippen molar-refractivity contribution >= 4 is 15.9 Å². The fourth-order valence-electron chi connectivity index (χ4n) is 0.879. The van der Waals surface area contributed by atoms with E-state index in [9.17, 15) is 0 Å². The first-order chi connectivity index (χ1) is 5.70. The highest BCUT2D eigenvalue weighted by Crippen LogP contribution is 2.35. The number of rotatable bonds is 2. The van der Waals surface area contributed by atoms with E-state index in [0.717, 1.165) is 10.2 Å². The van der Waals surface area contributed by atoms with Crippen molar-refractivity contribution in [1.29, 1.82) is 0 Å². The molecule has 3 nitrogen and oxygen atoms in total. The normalized spacial score (nSPS) is 9.67. The third kappa shape index (κ3) is 1.53. The standard InChI is InChI=1S/C8H10BrNO2/c1-5-7(9)8(12-3)6(11-2)4-10-5/h4H,1-3H3. The number of nitrogens with zero attached hydrogens (tertiary/aromatic N) is 1. The number of hydrogen-bond donors (Lipinski definition) is 0. The van der Waals surface area contributed by atoms with E-state index in [1.165, 1.54) is 0 Å². The van der Waals surface area contributed by atoms with Gasteiger partial charge in [-0.25, -0.2) is 0 Å². The third-order valence-corrected chi connectivity index (χ3v) is 2.47. The van der Waals surface area contributed by atoms with Crippen LogP contribution in [0.2, 0.25) is 0 Å². The Bertz CT molecular complexity index is 289. The highest BCUT2D eigenvalue weighted by Gasteiger charge is 2.10. The predicted molar refractivity (Wildman–Crippen MR) is 49.8 cm³/mol. The second-order valence-electron chi connectivity index (χ2n) is 2.26. The molecule has 0 amide bonds. The van der Waals surface area contributed by atoms with Crippen molar-refractivity contribution in [3.05, 3.63) is 16.4 Å². The minimum absolute atomic E-state index is 0.634. The first-order valence-electron chi connectivity index (χ1n) is 3.43. The average molecular weight is 232 g/mol. The summed E-state index contributed by atoms with van der Waals surface area (Å²) >= 11 is 3.36. The Hall–Kier alpha value is -0.770. The zero-order valence-corrected chi connectivity index (χ0v) is 8.81. The summed E-state index contributed by atoms with van der Waals surface area (Å²) in [6.45, 7) is 1.89. The van der Waals surface area contributed by atoms with Gasteiger partial charge in [0.05, 0.1) is 30.6 Å². The molecule has 0 aliphatic carbocycles. The minimum Gasteiger partial charge on any atom is -0.492 e. The molecule has 4 heteroatoms. The molecule has 0 spiro atoms. The first-order valence-corrected chi connectivity index (χ1v) is 4.23. The van der Waals surface area contributed by atoms with Crippen LogP contribution in [0.1, 0.15) is 5.69 Å². The van der Waals surface area contributed by atoms with Crippen LogP contribution in [0.25, 0.3) is 0 Å². The summed E-state index contributed by atoms with van der Waals surface area (Å²) in [4.78, 5) is 4.11. The number of hydrogen-bond acceptors (Lipinski definition) is 3. The maximum absolute atomic E-state index is 5.14. The molecule has 66 valence electrons. The second-order valence-corrected chi connectivity index (χ2v) is 3.05. The number of methoxy groups -OCH3 is 2. The van der Waals surface area contributed by atoms with E-state index in [-0.39, 0.29) is 0 Å². The molecule has 0 aliphatic rings. The van der Waals surface area contributed by atoms with Crippen LogP contribution in [0.4, 0.5) is 0 Å². The van der Waals surface area contributed by atoms with Crippen LogP contribution in [0.5, 0.6) is 11.5 Å². The quantitative estimate of drug-likeness (QED) is 0.782. The maximum Gasteiger partial charge on any atom is 0.180 e. The highest BCUT2D eigenvalue weighted by molar-refractivity contribution is 9.10. The van der Waals surface area contributed by atoms with Crippen LogP contribution in [-0.4, -0.2) is 19.2 Å². The Morgan fingerprint density at radius 2 is 2.00 bits per heavy atom. The Morgan fingerprint density at radius 1 is 1.33 bits per heavy atom. The van der Waals surface area contributed by atoms with E-state index in [1.807, 2.05) is 6.92 Å². The molecule has 0 N–H and O–H groups in total. The van der Waals surface area contributed by atoms with E-state index >= 15 is 0 Å². The van der Waals surface area contributed by atoms with Gasteiger partial charge in [0.2, 0.25) is 0 Å². The Kier molecular flexibility index (Phi) is 2.92. The molecule has 1 heterocycles. The molecule has 0 saturated carbocycles. The van der Waals surface area contributed by atoms with Crippen molar-refractivity contribution in [2.75, 3.05) is 14.2 Å². The van der Waals surface area contributed by atoms with Crippen molar-refractivity contribution in [3.8, 4) is 11.5 Å². The van der Waals surface area contributed by atoms with E-state index in [2.05, 4.69) is 20.9 Å². The summed E-state index contributed by atoms with van der Waals surface area (Å²) in [6.07, 6.45) is 1.64. The number of aromatic nitrogens is 1. The molecular weight excluding hydrogens is 222 g/mol. The molecule has 12 heavy (non-hydrogen) atoms. The zero-order chi connectivity index (χ0) is 9.14. The maximum atomic E-state index is 5.14. The van der Waals surface area contributed by atoms with E-state index < -0.39 is 0 Å². The Morgan fingerprint density at radius 3 is 2.50 bits per heavy atom. The molecule has 0 fully saturated rings. The summed E-state index contributed by atoms with van der Waals surface area (Å²) < 4.78 is 11.0. The van der Waals surface area contributed by atoms with Gasteiger partial charge < -0.3 is 9.47 Å². The summed E-state index contributed by atoms with van der Waals surface area (Å²) in [5, 5.41) is 0. The second kappa shape index (κ2) is 3.76. The predicted octanol–water partition coefficient (Wildman–Crippen LogP) is 2.17. The number of halogens is 1. The fraction of sp³-hybridized carbons (Fsp3) is 0.375. The van der Waals surface area contributed by atoms with Crippen LogP contribution < -0.4 is 9.47 Å². The van der Waals surface area contributed by atoms with Crippen molar-refractivity contribution in [2.24, 2.45) is 0 Å². The summed E-state index contributed by atoms with van der Waals surface area (Å²) in [6, 6.07) is 0. The van der Waals surface area contributed by atoms with Gasteiger partial charge in [-0.05, 0) is 22.9 Å². The first kappa shape index (κ1) is 9.32. The van der Waals surface area contributed by atoms with Crippen LogP contribution in [0, 0.1) is 6.92 Å². The minimum atomic E-state index is 0.634. The van der Waals surface area contributed by atoms with Crippen molar-refractivity contribution in [2.45, 2.75) is 6.92 Å². The average Bonchev–Trinajstić information content (AvgIpc) is 2.09. The largest absolute Gasteiger partial charge is 0.492 e. The van der Waals surface area contributed by atoms with Crippen LogP contribution >= 0.6 is 15.9 Å². The van der Waals surface area contributed by atoms with Gasteiger partial charge in [0, 0.05) is 0 Å². The van der Waals surface area contributed by atoms with E-state index in [0.29, 0.717) is 11.5 Å². The molecule has 1 aromatic heterocycles. The van der Waals surface area contributed by atoms with Crippen LogP contribution in [-0.2, 0) is 0 Å². The zero-order valence-electron chi connectivity index (χ0n) is 7.22. The molecule has 0 bridgehead atoms. The van der Waals surface area contributed by atoms with Crippen LogP contribution in [0.15, 0.2) is 10.7 Å². The molecule has 0 aromatic carbocycles. The molecular formula is C8H10BrNO2. The summed E-state index contributed by atoms with van der Waals surface area (Å²) in [5.41, 5.74) is 0.882. The lowest BCUT2D eigenvalue weighted by molar-refractivity contribution is 0.351. The molecule has 0 atom stereocenters. The van der Waals surface area contributed by atoms with Gasteiger partial charge in [0.1, 0.15) is 0 Å². The van der Waals surface area contributed by atoms with Gasteiger partial charge in [0.15, 0.2) is 11.5 Å². The number of aryl methyl sites for hydroxylation is 1. The lowest BCUT2D eigenvalue weighted by atomic mass is 10.3. The SMILES string of the molecule is COc1cnc(C)c(Br)c1OC. The number of ether oxygens (including phenoxy) is 2. The van der Waals surface area contributed by atoms with E-state index in [1.54, 1.807) is 20.4 Å². The topological polar surface area (TPSA) is 31.4 Å². The van der Waals surface area contributed by atoms with E-state index in [4.69, 9.17) is 9.47 Å². The molecule has 1 aromatic rings. The third-order valence-electron chi connectivity index (χ3n) is 1.54. The van der Waals surface area contributed by atoms with Crippen molar-refractivity contribution in [3.63, 3.8) is 0 Å². The molecule has 0 unspecified atom stereocenters. The Labute approximate surface area is 79.8 Å². The molecule has 0 aliphatic heterocycles. The van der Waals surface area contributed by atoms with Gasteiger partial charge in [-0.2, -0.15) is 0 Å². The van der Waals surface area contributed by atoms with Crippen molar-refractivity contribution in [1.82, 2.24) is 4.98 Å². The smallest absolute Gasteiger partial charge is 0.180 e. The molecule has 0 radical (unpaired) electrons.